The summed E-state index contributed by atoms with van der Waals surface area (Å²) in [6.45, 7) is 4.38. The number of rotatable bonds is 2. The molecule has 1 heterocycles. The highest BCUT2D eigenvalue weighted by molar-refractivity contribution is 5.94. The molecule has 2 N–H and O–H groups in total. The lowest BCUT2D eigenvalue weighted by Gasteiger charge is -2.12. The maximum atomic E-state index is 13.2. The Hall–Kier alpha value is -2.20. The van der Waals surface area contributed by atoms with Crippen LogP contribution in [0.2, 0.25) is 0 Å². The van der Waals surface area contributed by atoms with Crippen molar-refractivity contribution >= 4 is 11.6 Å². The second-order valence-corrected chi connectivity index (χ2v) is 4.79. The Morgan fingerprint density at radius 3 is 2.64 bits per heavy atom. The highest BCUT2D eigenvalue weighted by Crippen LogP contribution is 2.29. The van der Waals surface area contributed by atoms with Gasteiger partial charge >= 0.3 is 0 Å². The number of nitriles is 1. The van der Waals surface area contributed by atoms with Crippen molar-refractivity contribution < 1.29 is 18.7 Å². The summed E-state index contributed by atoms with van der Waals surface area (Å²) < 4.78 is 26.2. The van der Waals surface area contributed by atoms with Gasteiger partial charge in [-0.15, -0.1) is 0 Å². The summed E-state index contributed by atoms with van der Waals surface area (Å²) in [7, 11) is 1.72. The zero-order valence-electron chi connectivity index (χ0n) is 12.7. The first-order valence-corrected chi connectivity index (χ1v) is 7.01. The first-order chi connectivity index (χ1) is 10.4. The van der Waals surface area contributed by atoms with E-state index in [4.69, 9.17) is 5.26 Å². The minimum absolute atomic E-state index is 0.310. The number of hydrogen-bond donors (Lipinski definition) is 2. The maximum Gasteiger partial charge on any atom is 0.228 e. The van der Waals surface area contributed by atoms with Crippen molar-refractivity contribution in [2.24, 2.45) is 5.92 Å². The third-order valence-corrected chi connectivity index (χ3v) is 3.35. The number of carbonyl (C=O) groups is 1. The van der Waals surface area contributed by atoms with E-state index in [1.54, 1.807) is 11.9 Å². The van der Waals surface area contributed by atoms with E-state index < -0.39 is 29.2 Å². The van der Waals surface area contributed by atoms with Gasteiger partial charge < -0.3 is 10.4 Å². The van der Waals surface area contributed by atoms with Gasteiger partial charge in [-0.2, -0.15) is 5.26 Å². The van der Waals surface area contributed by atoms with Crippen LogP contribution in [0.1, 0.15) is 20.3 Å². The molecular weight excluding hydrogens is 292 g/mol. The molecule has 1 fully saturated rings. The van der Waals surface area contributed by atoms with E-state index in [1.165, 1.54) is 0 Å². The van der Waals surface area contributed by atoms with Gasteiger partial charge in [0.1, 0.15) is 5.82 Å². The molecule has 0 aliphatic carbocycles. The topological polar surface area (TPSA) is 76.4 Å². The van der Waals surface area contributed by atoms with Crippen LogP contribution in [0.5, 0.6) is 5.75 Å². The van der Waals surface area contributed by atoms with Crippen molar-refractivity contribution in [2.45, 2.75) is 26.3 Å². The SMILES string of the molecule is CC.CN1CC(C(=O)Nc2cc(F)cc(F)c2O)CC1C#N. The molecule has 1 amide bonds. The quantitative estimate of drug-likeness (QED) is 0.823. The lowest BCUT2D eigenvalue weighted by molar-refractivity contribution is -0.119. The fourth-order valence-electron chi connectivity index (χ4n) is 2.24. The van der Waals surface area contributed by atoms with Crippen molar-refractivity contribution in [3.8, 4) is 11.8 Å². The molecule has 7 heteroatoms. The lowest BCUT2D eigenvalue weighted by Crippen LogP contribution is -2.26. The predicted molar refractivity (Wildman–Crippen MR) is 78.1 cm³/mol. The molecule has 0 radical (unpaired) electrons. The minimum Gasteiger partial charge on any atom is -0.503 e. The first-order valence-electron chi connectivity index (χ1n) is 7.01. The predicted octanol–water partition coefficient (Wildman–Crippen LogP) is 2.48. The molecular formula is C15H19F2N3O2. The molecule has 2 atom stereocenters. The molecule has 1 aromatic carbocycles. The Bertz CT molecular complexity index is 587. The molecule has 2 unspecified atom stereocenters. The van der Waals surface area contributed by atoms with Gasteiger partial charge in [0.05, 0.1) is 23.7 Å². The van der Waals surface area contributed by atoms with Gasteiger partial charge in [-0.1, -0.05) is 13.8 Å². The number of likely N-dealkylation sites (tertiary alicyclic amines) is 1. The Balaban J connectivity index is 0.00000116. The summed E-state index contributed by atoms with van der Waals surface area (Å²) in [6.07, 6.45) is 0.345. The fraction of sp³-hybridized carbons (Fsp3) is 0.467. The van der Waals surface area contributed by atoms with E-state index >= 15 is 0 Å². The molecule has 1 aromatic rings. The standard InChI is InChI=1S/C13H13F2N3O2.C2H6/c1-18-6-7(2-9(18)5-16)13(20)17-11-4-8(14)3-10(15)12(11)19;1-2/h3-4,7,9,19H,2,6H2,1H3,(H,17,20);1-2H3. The number of phenols is 1. The summed E-state index contributed by atoms with van der Waals surface area (Å²) in [4.78, 5) is 13.7. The molecule has 0 saturated carbocycles. The lowest BCUT2D eigenvalue weighted by atomic mass is 10.1. The fourth-order valence-corrected chi connectivity index (χ4v) is 2.24. The molecule has 5 nitrogen and oxygen atoms in total. The molecule has 120 valence electrons. The van der Waals surface area contributed by atoms with Crippen LogP contribution in [0.4, 0.5) is 14.5 Å². The number of halogens is 2. The van der Waals surface area contributed by atoms with Gasteiger partial charge in [0.2, 0.25) is 5.91 Å². The Labute approximate surface area is 128 Å². The van der Waals surface area contributed by atoms with Crippen LogP contribution in [-0.4, -0.2) is 35.5 Å². The molecule has 22 heavy (non-hydrogen) atoms. The van der Waals surface area contributed by atoms with Gasteiger partial charge in [0.15, 0.2) is 11.6 Å². The second kappa shape index (κ2) is 7.71. The van der Waals surface area contributed by atoms with Crippen LogP contribution in [0.3, 0.4) is 0 Å². The van der Waals surface area contributed by atoms with E-state index in [1.807, 2.05) is 13.8 Å². The summed E-state index contributed by atoms with van der Waals surface area (Å²) in [5.41, 5.74) is -0.310. The van der Waals surface area contributed by atoms with Gasteiger partial charge in [-0.05, 0) is 13.5 Å². The average Bonchev–Trinajstić information content (AvgIpc) is 2.87. The number of anilines is 1. The van der Waals surface area contributed by atoms with Gasteiger partial charge in [-0.3, -0.25) is 9.69 Å². The van der Waals surface area contributed by atoms with Gasteiger partial charge in [-0.25, -0.2) is 8.78 Å². The molecule has 0 bridgehead atoms. The summed E-state index contributed by atoms with van der Waals surface area (Å²) in [6, 6.07) is 3.08. The third-order valence-electron chi connectivity index (χ3n) is 3.35. The first kappa shape index (κ1) is 17.9. The maximum absolute atomic E-state index is 13.2. The van der Waals surface area contributed by atoms with Crippen molar-refractivity contribution in [3.05, 3.63) is 23.8 Å². The number of benzene rings is 1. The van der Waals surface area contributed by atoms with E-state index in [9.17, 15) is 18.7 Å². The molecule has 2 rings (SSSR count). The Kier molecular flexibility index (Phi) is 6.25. The van der Waals surface area contributed by atoms with Crippen LogP contribution in [-0.2, 0) is 4.79 Å². The van der Waals surface area contributed by atoms with Crippen LogP contribution in [0, 0.1) is 28.9 Å². The molecule has 1 aliphatic rings. The number of amides is 1. The summed E-state index contributed by atoms with van der Waals surface area (Å²) in [5.74, 6) is -3.78. The second-order valence-electron chi connectivity index (χ2n) is 4.79. The highest BCUT2D eigenvalue weighted by Gasteiger charge is 2.34. The Morgan fingerprint density at radius 1 is 1.45 bits per heavy atom. The molecule has 0 aromatic heterocycles. The monoisotopic (exact) mass is 311 g/mol. The van der Waals surface area contributed by atoms with Crippen molar-refractivity contribution in [1.82, 2.24) is 4.90 Å². The van der Waals surface area contributed by atoms with E-state index in [2.05, 4.69) is 11.4 Å². The number of carbonyl (C=O) groups excluding carboxylic acids is 1. The van der Waals surface area contributed by atoms with Crippen LogP contribution < -0.4 is 5.32 Å². The number of hydrogen-bond acceptors (Lipinski definition) is 4. The smallest absolute Gasteiger partial charge is 0.228 e. The normalized spacial score (nSPS) is 20.7. The van der Waals surface area contributed by atoms with E-state index in [0.717, 1.165) is 6.07 Å². The minimum atomic E-state index is -1.14. The van der Waals surface area contributed by atoms with Crippen molar-refractivity contribution in [1.29, 1.82) is 5.26 Å². The zero-order chi connectivity index (χ0) is 16.9. The summed E-state index contributed by atoms with van der Waals surface area (Å²) >= 11 is 0. The Morgan fingerprint density at radius 2 is 2.09 bits per heavy atom. The zero-order valence-corrected chi connectivity index (χ0v) is 12.7. The van der Waals surface area contributed by atoms with E-state index in [-0.39, 0.29) is 11.7 Å². The van der Waals surface area contributed by atoms with E-state index in [0.29, 0.717) is 19.0 Å². The van der Waals surface area contributed by atoms with Crippen LogP contribution in [0.25, 0.3) is 0 Å². The van der Waals surface area contributed by atoms with Crippen molar-refractivity contribution in [2.75, 3.05) is 18.9 Å². The van der Waals surface area contributed by atoms with Gasteiger partial charge in [0, 0.05) is 18.7 Å². The van der Waals surface area contributed by atoms with Gasteiger partial charge in [0.25, 0.3) is 0 Å². The van der Waals surface area contributed by atoms with Crippen LogP contribution >= 0.6 is 0 Å². The number of nitrogens with one attached hydrogen (secondary N) is 1. The number of aromatic hydroxyl groups is 1. The molecule has 0 spiro atoms. The highest BCUT2D eigenvalue weighted by atomic mass is 19.1. The molecule has 1 aliphatic heterocycles. The van der Waals surface area contributed by atoms with Crippen LogP contribution in [0.15, 0.2) is 12.1 Å². The largest absolute Gasteiger partial charge is 0.503 e. The number of phenolic OH excluding ortho intramolecular Hbond substituents is 1. The number of nitrogens with zero attached hydrogens (tertiary/aromatic N) is 2. The molecule has 1 saturated heterocycles. The average molecular weight is 311 g/mol. The van der Waals surface area contributed by atoms with Crippen molar-refractivity contribution in [3.63, 3.8) is 0 Å². The summed E-state index contributed by atoms with van der Waals surface area (Å²) in [5, 5.41) is 20.6. The third kappa shape index (κ3) is 3.92.